The molecule has 2 aromatic rings. The number of anilines is 1. The number of nitrogens with one attached hydrogen (secondary N) is 1. The molecule has 1 aromatic heterocycles. The number of thiazole rings is 1. The minimum atomic E-state index is 0.469. The lowest BCUT2D eigenvalue weighted by atomic mass is 10.0. The van der Waals surface area contributed by atoms with Gasteiger partial charge in [-0.3, -0.25) is 0 Å². The van der Waals surface area contributed by atoms with Crippen LogP contribution < -0.4 is 10.2 Å². The lowest BCUT2D eigenvalue weighted by Crippen LogP contribution is -2.23. The third-order valence-corrected chi connectivity index (χ3v) is 6.24. The summed E-state index contributed by atoms with van der Waals surface area (Å²) in [6.07, 6.45) is 3.22. The molecule has 1 aromatic carbocycles. The fraction of sp³-hybridized carbons (Fsp3) is 0.471. The van der Waals surface area contributed by atoms with E-state index in [1.165, 1.54) is 27.5 Å². The van der Waals surface area contributed by atoms with Crippen LogP contribution in [0.25, 0.3) is 0 Å². The van der Waals surface area contributed by atoms with Crippen molar-refractivity contribution in [1.29, 1.82) is 0 Å². The Morgan fingerprint density at radius 2 is 2.09 bits per heavy atom. The summed E-state index contributed by atoms with van der Waals surface area (Å²) in [4.78, 5) is 9.62. The highest BCUT2D eigenvalue weighted by Gasteiger charge is 2.20. The lowest BCUT2D eigenvalue weighted by molar-refractivity contribution is 0.512. The molecule has 0 spiro atoms. The summed E-state index contributed by atoms with van der Waals surface area (Å²) in [6.45, 7) is 7.30. The quantitative estimate of drug-likeness (QED) is 0.852. The highest BCUT2D eigenvalue weighted by Crippen LogP contribution is 2.36. The molecular formula is C17H23N3S2. The maximum Gasteiger partial charge on any atom is 0.185 e. The largest absolute Gasteiger partial charge is 0.349 e. The summed E-state index contributed by atoms with van der Waals surface area (Å²) in [5.41, 5.74) is 1.45. The predicted octanol–water partition coefficient (Wildman–Crippen LogP) is 4.32. The van der Waals surface area contributed by atoms with E-state index in [1.807, 2.05) is 29.3 Å². The van der Waals surface area contributed by atoms with Crippen molar-refractivity contribution in [3.8, 4) is 0 Å². The molecule has 0 aliphatic carbocycles. The van der Waals surface area contributed by atoms with Gasteiger partial charge in [-0.25, -0.2) is 4.98 Å². The van der Waals surface area contributed by atoms with Gasteiger partial charge in [0.15, 0.2) is 5.13 Å². The molecule has 0 saturated carbocycles. The second kappa shape index (κ2) is 7.49. The molecule has 1 unspecified atom stereocenters. The Kier molecular flexibility index (Phi) is 5.39. The SMILES string of the molecule is CCN(CC)c1ncc(CNC2CCSc3ccccc32)s1. The first-order valence-electron chi connectivity index (χ1n) is 7.96. The molecule has 3 rings (SSSR count). The Morgan fingerprint density at radius 3 is 2.91 bits per heavy atom. The monoisotopic (exact) mass is 333 g/mol. The maximum atomic E-state index is 4.57. The molecule has 2 heterocycles. The van der Waals surface area contributed by atoms with Gasteiger partial charge < -0.3 is 10.2 Å². The molecule has 0 saturated heterocycles. The molecule has 1 N–H and O–H groups in total. The number of rotatable bonds is 6. The standard InChI is InChI=1S/C17H23N3S2/c1-3-20(4-2)17-19-12-13(22-17)11-18-15-9-10-21-16-8-6-5-7-14(15)16/h5-8,12,15,18H,3-4,9-11H2,1-2H3. The smallest absolute Gasteiger partial charge is 0.185 e. The van der Waals surface area contributed by atoms with E-state index in [2.05, 4.69) is 53.3 Å². The Balaban J connectivity index is 1.64. The summed E-state index contributed by atoms with van der Waals surface area (Å²) in [5.74, 6) is 1.20. The second-order valence-electron chi connectivity index (χ2n) is 5.39. The van der Waals surface area contributed by atoms with Gasteiger partial charge >= 0.3 is 0 Å². The van der Waals surface area contributed by atoms with Crippen molar-refractivity contribution in [2.45, 2.75) is 37.8 Å². The van der Waals surface area contributed by atoms with Gasteiger partial charge in [-0.05, 0) is 37.7 Å². The Morgan fingerprint density at radius 1 is 1.27 bits per heavy atom. The molecule has 1 atom stereocenters. The minimum Gasteiger partial charge on any atom is -0.349 e. The zero-order valence-corrected chi connectivity index (χ0v) is 14.8. The molecule has 0 amide bonds. The van der Waals surface area contributed by atoms with Crippen molar-refractivity contribution in [1.82, 2.24) is 10.3 Å². The van der Waals surface area contributed by atoms with E-state index in [-0.39, 0.29) is 0 Å². The summed E-state index contributed by atoms with van der Waals surface area (Å²) in [5, 5.41) is 4.86. The number of aromatic nitrogens is 1. The average molecular weight is 334 g/mol. The van der Waals surface area contributed by atoms with E-state index in [1.54, 1.807) is 0 Å². The van der Waals surface area contributed by atoms with E-state index in [9.17, 15) is 0 Å². The van der Waals surface area contributed by atoms with Crippen LogP contribution in [0.3, 0.4) is 0 Å². The van der Waals surface area contributed by atoms with Crippen LogP contribution in [-0.4, -0.2) is 23.8 Å². The summed E-state index contributed by atoms with van der Waals surface area (Å²) in [7, 11) is 0. The van der Waals surface area contributed by atoms with Crippen molar-refractivity contribution in [3.63, 3.8) is 0 Å². The molecular weight excluding hydrogens is 310 g/mol. The molecule has 5 heteroatoms. The van der Waals surface area contributed by atoms with Gasteiger partial charge in [0.2, 0.25) is 0 Å². The lowest BCUT2D eigenvalue weighted by Gasteiger charge is -2.25. The third kappa shape index (κ3) is 3.47. The third-order valence-electron chi connectivity index (χ3n) is 4.06. The first-order chi connectivity index (χ1) is 10.8. The topological polar surface area (TPSA) is 28.2 Å². The van der Waals surface area contributed by atoms with Gasteiger partial charge in [0, 0.05) is 41.6 Å². The molecule has 0 fully saturated rings. The van der Waals surface area contributed by atoms with E-state index < -0.39 is 0 Å². The molecule has 0 bridgehead atoms. The highest BCUT2D eigenvalue weighted by molar-refractivity contribution is 7.99. The van der Waals surface area contributed by atoms with E-state index >= 15 is 0 Å². The van der Waals surface area contributed by atoms with Gasteiger partial charge in [0.1, 0.15) is 0 Å². The van der Waals surface area contributed by atoms with Crippen LogP contribution in [0.15, 0.2) is 35.4 Å². The van der Waals surface area contributed by atoms with Crippen molar-refractivity contribution in [2.24, 2.45) is 0 Å². The average Bonchev–Trinajstić information content (AvgIpc) is 3.03. The molecule has 1 aliphatic heterocycles. The zero-order valence-electron chi connectivity index (χ0n) is 13.2. The maximum absolute atomic E-state index is 4.57. The predicted molar refractivity (Wildman–Crippen MR) is 97.0 cm³/mol. The fourth-order valence-electron chi connectivity index (χ4n) is 2.80. The molecule has 22 heavy (non-hydrogen) atoms. The molecule has 1 aliphatic rings. The number of thioether (sulfide) groups is 1. The number of nitrogens with zero attached hydrogens (tertiary/aromatic N) is 2. The van der Waals surface area contributed by atoms with Crippen molar-refractivity contribution < 1.29 is 0 Å². The van der Waals surface area contributed by atoms with Crippen LogP contribution in [-0.2, 0) is 6.54 Å². The zero-order chi connectivity index (χ0) is 15.4. The van der Waals surface area contributed by atoms with Crippen LogP contribution in [0.2, 0.25) is 0 Å². The van der Waals surface area contributed by atoms with Crippen LogP contribution in [0.5, 0.6) is 0 Å². The fourth-order valence-corrected chi connectivity index (χ4v) is 4.91. The first-order valence-corrected chi connectivity index (χ1v) is 9.76. The normalized spacial score (nSPS) is 17.3. The number of benzene rings is 1. The van der Waals surface area contributed by atoms with Crippen LogP contribution in [0.4, 0.5) is 5.13 Å². The van der Waals surface area contributed by atoms with Gasteiger partial charge in [0.05, 0.1) is 0 Å². The van der Waals surface area contributed by atoms with Crippen LogP contribution >= 0.6 is 23.1 Å². The Bertz CT molecular complexity index is 607. The number of hydrogen-bond donors (Lipinski definition) is 1. The van der Waals surface area contributed by atoms with Crippen LogP contribution in [0, 0.1) is 0 Å². The van der Waals surface area contributed by atoms with E-state index in [0.29, 0.717) is 6.04 Å². The Hall–Kier alpha value is -1.04. The summed E-state index contributed by atoms with van der Waals surface area (Å²) < 4.78 is 0. The van der Waals surface area contributed by atoms with E-state index in [0.717, 1.165) is 24.8 Å². The van der Waals surface area contributed by atoms with Gasteiger partial charge in [-0.1, -0.05) is 18.2 Å². The molecule has 0 radical (unpaired) electrons. The minimum absolute atomic E-state index is 0.469. The first kappa shape index (κ1) is 15.8. The van der Waals surface area contributed by atoms with Gasteiger partial charge in [-0.2, -0.15) is 0 Å². The molecule has 3 nitrogen and oxygen atoms in total. The second-order valence-corrected chi connectivity index (χ2v) is 7.62. The summed E-state index contributed by atoms with van der Waals surface area (Å²) >= 11 is 3.78. The highest BCUT2D eigenvalue weighted by atomic mass is 32.2. The van der Waals surface area contributed by atoms with E-state index in [4.69, 9.17) is 0 Å². The Labute approximate surface area is 141 Å². The number of hydrogen-bond acceptors (Lipinski definition) is 5. The van der Waals surface area contributed by atoms with Crippen molar-refractivity contribution in [2.75, 3.05) is 23.7 Å². The molecule has 118 valence electrons. The number of fused-ring (bicyclic) bond motifs is 1. The summed E-state index contributed by atoms with van der Waals surface area (Å²) in [6, 6.07) is 9.24. The van der Waals surface area contributed by atoms with Gasteiger partial charge in [0.25, 0.3) is 0 Å². The van der Waals surface area contributed by atoms with Crippen molar-refractivity contribution >= 4 is 28.2 Å². The van der Waals surface area contributed by atoms with Crippen LogP contribution in [0.1, 0.15) is 36.8 Å². The van der Waals surface area contributed by atoms with Gasteiger partial charge in [-0.15, -0.1) is 23.1 Å². The van der Waals surface area contributed by atoms with Crippen molar-refractivity contribution in [3.05, 3.63) is 40.9 Å².